The molecule has 2 fully saturated rings. The molecule has 2 saturated heterocycles. The van der Waals surface area contributed by atoms with E-state index in [0.717, 1.165) is 26.1 Å². The third-order valence-electron chi connectivity index (χ3n) is 4.71. The quantitative estimate of drug-likeness (QED) is 0.873. The molecular weight excluding hydrogens is 282 g/mol. The summed E-state index contributed by atoms with van der Waals surface area (Å²) < 4.78 is 8.48. The Hall–Kier alpha value is -1.17. The van der Waals surface area contributed by atoms with Crippen molar-refractivity contribution in [3.05, 3.63) is 41.1 Å². The minimum absolute atomic E-state index is 0.0600. The number of ether oxygens (including phenoxy) is 1. The standard InChI is InChI=1S/C16H21N3OS/c1-3-15(21-8-1)10-18-6-2-4-16(12-18)9-14(11-20-16)19-7-5-17-13-19/h1,3,5,7-8,13-14H,2,4,6,9-12H2/t14-,16+/m1/s1. The molecule has 0 aliphatic carbocycles. The highest BCUT2D eigenvalue weighted by molar-refractivity contribution is 7.09. The molecule has 21 heavy (non-hydrogen) atoms. The van der Waals surface area contributed by atoms with Gasteiger partial charge in [0.1, 0.15) is 0 Å². The summed E-state index contributed by atoms with van der Waals surface area (Å²) in [6, 6.07) is 4.82. The van der Waals surface area contributed by atoms with Crippen LogP contribution in [0.3, 0.4) is 0 Å². The van der Waals surface area contributed by atoms with Crippen molar-refractivity contribution in [1.82, 2.24) is 14.5 Å². The Bertz CT molecular complexity index is 568. The first kappa shape index (κ1) is 13.5. The van der Waals surface area contributed by atoms with Crippen molar-refractivity contribution in [1.29, 1.82) is 0 Å². The molecule has 0 aromatic carbocycles. The fraction of sp³-hybridized carbons (Fsp3) is 0.562. The molecule has 2 aromatic heterocycles. The summed E-state index contributed by atoms with van der Waals surface area (Å²) in [5.41, 5.74) is 0.0600. The lowest BCUT2D eigenvalue weighted by molar-refractivity contribution is -0.0532. The molecule has 0 saturated carbocycles. The third-order valence-corrected chi connectivity index (χ3v) is 5.58. The van der Waals surface area contributed by atoms with Crippen molar-refractivity contribution in [2.45, 2.75) is 37.5 Å². The Morgan fingerprint density at radius 2 is 2.48 bits per heavy atom. The van der Waals surface area contributed by atoms with Gasteiger partial charge >= 0.3 is 0 Å². The molecule has 1 spiro atoms. The van der Waals surface area contributed by atoms with E-state index in [1.165, 1.54) is 24.3 Å². The highest BCUT2D eigenvalue weighted by Crippen LogP contribution is 2.39. The molecule has 2 atom stereocenters. The lowest BCUT2D eigenvalue weighted by atomic mass is 9.88. The summed E-state index contributed by atoms with van der Waals surface area (Å²) >= 11 is 1.85. The molecule has 5 heteroatoms. The van der Waals surface area contributed by atoms with E-state index >= 15 is 0 Å². The molecule has 0 amide bonds. The Labute approximate surface area is 129 Å². The van der Waals surface area contributed by atoms with Crippen molar-refractivity contribution >= 4 is 11.3 Å². The van der Waals surface area contributed by atoms with Gasteiger partial charge in [-0.1, -0.05) is 6.07 Å². The zero-order valence-corrected chi connectivity index (χ0v) is 13.0. The Balaban J connectivity index is 1.43. The summed E-state index contributed by atoms with van der Waals surface area (Å²) in [6.07, 6.45) is 9.37. The second-order valence-corrected chi connectivity index (χ2v) is 7.29. The molecule has 4 heterocycles. The topological polar surface area (TPSA) is 30.3 Å². The van der Waals surface area contributed by atoms with Crippen LogP contribution < -0.4 is 0 Å². The van der Waals surface area contributed by atoms with Crippen molar-refractivity contribution in [2.24, 2.45) is 0 Å². The molecule has 112 valence electrons. The normalized spacial score (nSPS) is 30.2. The summed E-state index contributed by atoms with van der Waals surface area (Å²) in [5, 5.41) is 2.16. The fourth-order valence-corrected chi connectivity index (χ4v) is 4.48. The maximum atomic E-state index is 6.28. The second-order valence-electron chi connectivity index (χ2n) is 6.26. The molecular formula is C16H21N3OS. The largest absolute Gasteiger partial charge is 0.371 e. The lowest BCUT2D eigenvalue weighted by Gasteiger charge is -2.39. The van der Waals surface area contributed by atoms with Crippen molar-refractivity contribution in [3.8, 4) is 0 Å². The van der Waals surface area contributed by atoms with E-state index in [4.69, 9.17) is 4.74 Å². The van der Waals surface area contributed by atoms with E-state index in [-0.39, 0.29) is 5.60 Å². The van der Waals surface area contributed by atoms with Gasteiger partial charge in [0.15, 0.2) is 0 Å². The lowest BCUT2D eigenvalue weighted by Crippen LogP contribution is -2.47. The first-order chi connectivity index (χ1) is 10.3. The summed E-state index contributed by atoms with van der Waals surface area (Å²) in [5.74, 6) is 0. The number of piperidine rings is 1. The maximum absolute atomic E-state index is 6.28. The van der Waals surface area contributed by atoms with Crippen molar-refractivity contribution in [3.63, 3.8) is 0 Å². The Morgan fingerprint density at radius 1 is 1.48 bits per heavy atom. The number of hydrogen-bond donors (Lipinski definition) is 0. The van der Waals surface area contributed by atoms with Gasteiger partial charge < -0.3 is 9.30 Å². The van der Waals surface area contributed by atoms with Gasteiger partial charge in [0.25, 0.3) is 0 Å². The number of rotatable bonds is 3. The SMILES string of the molecule is c1csc(CN2CCC[C@]3(C[C@@H](n4ccnc4)CO3)C2)c1. The van der Waals surface area contributed by atoms with Crippen LogP contribution in [0.1, 0.15) is 30.2 Å². The van der Waals surface area contributed by atoms with Crippen LogP contribution in [0.4, 0.5) is 0 Å². The number of hydrogen-bond acceptors (Lipinski definition) is 4. The first-order valence-corrected chi connectivity index (χ1v) is 8.57. The highest BCUT2D eigenvalue weighted by atomic mass is 32.1. The molecule has 0 unspecified atom stereocenters. The van der Waals surface area contributed by atoms with Gasteiger partial charge in [0.2, 0.25) is 0 Å². The minimum atomic E-state index is 0.0600. The van der Waals surface area contributed by atoms with E-state index in [1.54, 1.807) is 0 Å². The van der Waals surface area contributed by atoms with Gasteiger partial charge in [-0.2, -0.15) is 0 Å². The van der Waals surface area contributed by atoms with Gasteiger partial charge in [-0.05, 0) is 30.8 Å². The fourth-order valence-electron chi connectivity index (χ4n) is 3.73. The average Bonchev–Trinajstić information content (AvgIpc) is 3.20. The van der Waals surface area contributed by atoms with E-state index in [0.29, 0.717) is 6.04 Å². The van der Waals surface area contributed by atoms with Crippen LogP contribution >= 0.6 is 11.3 Å². The summed E-state index contributed by atoms with van der Waals surface area (Å²) in [6.45, 7) is 4.15. The Kier molecular flexibility index (Phi) is 3.57. The van der Waals surface area contributed by atoms with Crippen molar-refractivity contribution < 1.29 is 4.74 Å². The van der Waals surface area contributed by atoms with Crippen LogP contribution in [0.25, 0.3) is 0 Å². The molecule has 4 rings (SSSR count). The van der Waals surface area contributed by atoms with E-state index in [2.05, 4.69) is 38.2 Å². The summed E-state index contributed by atoms with van der Waals surface area (Å²) in [4.78, 5) is 8.18. The van der Waals surface area contributed by atoms with Gasteiger partial charge in [-0.15, -0.1) is 11.3 Å². The van der Waals surface area contributed by atoms with Crippen LogP contribution in [-0.2, 0) is 11.3 Å². The van der Waals surface area contributed by atoms with Gasteiger partial charge in [0, 0.05) is 36.8 Å². The predicted molar refractivity (Wildman–Crippen MR) is 83.4 cm³/mol. The Morgan fingerprint density at radius 3 is 3.29 bits per heavy atom. The van der Waals surface area contributed by atoms with Gasteiger partial charge in [-0.3, -0.25) is 4.90 Å². The number of nitrogens with zero attached hydrogens (tertiary/aromatic N) is 3. The third kappa shape index (κ3) is 2.78. The molecule has 0 bridgehead atoms. The second kappa shape index (κ2) is 5.55. The van der Waals surface area contributed by atoms with E-state index in [1.807, 2.05) is 23.9 Å². The van der Waals surface area contributed by atoms with Crippen LogP contribution in [0.15, 0.2) is 36.2 Å². The van der Waals surface area contributed by atoms with E-state index in [9.17, 15) is 0 Å². The van der Waals surface area contributed by atoms with Gasteiger partial charge in [-0.25, -0.2) is 4.98 Å². The van der Waals surface area contributed by atoms with Crippen LogP contribution in [0.5, 0.6) is 0 Å². The van der Waals surface area contributed by atoms with Crippen LogP contribution in [0.2, 0.25) is 0 Å². The molecule has 2 aliphatic heterocycles. The minimum Gasteiger partial charge on any atom is -0.371 e. The van der Waals surface area contributed by atoms with Crippen LogP contribution in [-0.4, -0.2) is 39.7 Å². The average molecular weight is 303 g/mol. The number of aromatic nitrogens is 2. The van der Waals surface area contributed by atoms with E-state index < -0.39 is 0 Å². The number of likely N-dealkylation sites (tertiary alicyclic amines) is 1. The zero-order chi connectivity index (χ0) is 14.1. The smallest absolute Gasteiger partial charge is 0.0949 e. The van der Waals surface area contributed by atoms with Crippen molar-refractivity contribution in [2.75, 3.05) is 19.7 Å². The number of thiophene rings is 1. The summed E-state index contributed by atoms with van der Waals surface area (Å²) in [7, 11) is 0. The molecule has 2 aliphatic rings. The zero-order valence-electron chi connectivity index (χ0n) is 12.1. The van der Waals surface area contributed by atoms with Gasteiger partial charge in [0.05, 0.1) is 24.6 Å². The first-order valence-electron chi connectivity index (χ1n) is 7.69. The molecule has 0 N–H and O–H groups in total. The predicted octanol–water partition coefficient (Wildman–Crippen LogP) is 2.94. The molecule has 0 radical (unpaired) electrons. The molecule has 4 nitrogen and oxygen atoms in total. The molecule has 2 aromatic rings. The number of imidazole rings is 1. The van der Waals surface area contributed by atoms with Crippen LogP contribution in [0, 0.1) is 0 Å². The monoisotopic (exact) mass is 303 g/mol. The maximum Gasteiger partial charge on any atom is 0.0949 e. The highest BCUT2D eigenvalue weighted by Gasteiger charge is 2.43.